The first-order valence-corrected chi connectivity index (χ1v) is 6.72. The maximum absolute atomic E-state index is 12.4. The van der Waals surface area contributed by atoms with E-state index < -0.39 is 23.5 Å². The van der Waals surface area contributed by atoms with Crippen molar-refractivity contribution >= 4 is 18.0 Å². The van der Waals surface area contributed by atoms with Crippen molar-refractivity contribution in [1.29, 1.82) is 0 Å². The molecule has 0 bridgehead atoms. The molecule has 2 amide bonds. The fourth-order valence-corrected chi connectivity index (χ4v) is 2.69. The highest BCUT2D eigenvalue weighted by Crippen LogP contribution is 2.34. The summed E-state index contributed by atoms with van der Waals surface area (Å²) in [5.74, 6) is -1.51. The van der Waals surface area contributed by atoms with E-state index in [0.717, 1.165) is 0 Å². The molecule has 1 rings (SSSR count). The molecule has 0 aromatic carbocycles. The summed E-state index contributed by atoms with van der Waals surface area (Å²) in [4.78, 5) is 37.8. The molecule has 0 radical (unpaired) electrons. The van der Waals surface area contributed by atoms with E-state index in [9.17, 15) is 19.5 Å². The van der Waals surface area contributed by atoms with Crippen molar-refractivity contribution < 1.29 is 24.2 Å². The Balaban J connectivity index is 2.89. The third kappa shape index (κ3) is 3.02. The minimum absolute atomic E-state index is 0.187. The quantitative estimate of drug-likeness (QED) is 0.760. The van der Waals surface area contributed by atoms with Gasteiger partial charge >= 0.3 is 18.0 Å². The van der Waals surface area contributed by atoms with Gasteiger partial charge in [-0.05, 0) is 19.3 Å². The highest BCUT2D eigenvalue weighted by atomic mass is 16.5. The molecule has 1 unspecified atom stereocenters. The van der Waals surface area contributed by atoms with E-state index in [4.69, 9.17) is 0 Å². The summed E-state index contributed by atoms with van der Waals surface area (Å²) >= 11 is 0. The molecule has 1 aliphatic heterocycles. The SMILES string of the molecule is CCCC1(C(=O)O)CCCN1C(=O)N(C)CC(=O)OC. The molecule has 1 saturated heterocycles. The van der Waals surface area contributed by atoms with E-state index in [1.807, 2.05) is 6.92 Å². The number of methoxy groups -OCH3 is 1. The number of likely N-dealkylation sites (tertiary alicyclic amines) is 1. The van der Waals surface area contributed by atoms with Gasteiger partial charge < -0.3 is 19.6 Å². The third-order valence-corrected chi connectivity index (χ3v) is 3.70. The van der Waals surface area contributed by atoms with Crippen LogP contribution in [0.4, 0.5) is 4.79 Å². The normalized spacial score (nSPS) is 21.6. The summed E-state index contributed by atoms with van der Waals surface area (Å²) in [6.45, 7) is 2.11. The van der Waals surface area contributed by atoms with Crippen LogP contribution in [0.2, 0.25) is 0 Å². The molecule has 20 heavy (non-hydrogen) atoms. The lowest BCUT2D eigenvalue weighted by Crippen LogP contribution is -2.56. The molecule has 1 heterocycles. The van der Waals surface area contributed by atoms with Gasteiger partial charge in [-0.25, -0.2) is 9.59 Å². The van der Waals surface area contributed by atoms with Crippen LogP contribution in [0.3, 0.4) is 0 Å². The number of carbonyl (C=O) groups is 3. The van der Waals surface area contributed by atoms with Crippen molar-refractivity contribution in [3.63, 3.8) is 0 Å². The first kappa shape index (κ1) is 16.3. The Morgan fingerprint density at radius 3 is 2.55 bits per heavy atom. The molecule has 7 nitrogen and oxygen atoms in total. The van der Waals surface area contributed by atoms with Gasteiger partial charge in [-0.1, -0.05) is 13.3 Å². The molecule has 0 spiro atoms. The standard InChI is InChI=1S/C13H22N2O5/c1-4-6-13(11(17)18)7-5-8-15(13)12(19)14(2)9-10(16)20-3/h4-9H2,1-3H3,(H,17,18). The second-order valence-electron chi connectivity index (χ2n) is 5.06. The van der Waals surface area contributed by atoms with Crippen molar-refractivity contribution in [2.75, 3.05) is 27.2 Å². The average molecular weight is 286 g/mol. The molecular weight excluding hydrogens is 264 g/mol. The van der Waals surface area contributed by atoms with Crippen LogP contribution in [0.15, 0.2) is 0 Å². The summed E-state index contributed by atoms with van der Waals surface area (Å²) in [5, 5.41) is 9.52. The molecule has 114 valence electrons. The smallest absolute Gasteiger partial charge is 0.329 e. The number of rotatable bonds is 5. The Labute approximate surface area is 118 Å². The van der Waals surface area contributed by atoms with Crippen molar-refractivity contribution in [3.05, 3.63) is 0 Å². The second-order valence-corrected chi connectivity index (χ2v) is 5.06. The van der Waals surface area contributed by atoms with Gasteiger partial charge in [0.1, 0.15) is 12.1 Å². The number of likely N-dealkylation sites (N-methyl/N-ethyl adjacent to an activating group) is 1. The largest absolute Gasteiger partial charge is 0.479 e. The van der Waals surface area contributed by atoms with E-state index in [0.29, 0.717) is 32.2 Å². The zero-order valence-corrected chi connectivity index (χ0v) is 12.2. The second kappa shape index (κ2) is 6.58. The lowest BCUT2D eigenvalue weighted by atomic mass is 9.91. The lowest BCUT2D eigenvalue weighted by Gasteiger charge is -2.36. The van der Waals surface area contributed by atoms with Gasteiger partial charge in [0.25, 0.3) is 0 Å². The number of hydrogen-bond donors (Lipinski definition) is 1. The number of ether oxygens (including phenoxy) is 1. The van der Waals surface area contributed by atoms with Gasteiger partial charge in [-0.2, -0.15) is 0 Å². The minimum Gasteiger partial charge on any atom is -0.479 e. The van der Waals surface area contributed by atoms with E-state index in [-0.39, 0.29) is 6.54 Å². The van der Waals surface area contributed by atoms with Crippen LogP contribution >= 0.6 is 0 Å². The molecule has 7 heteroatoms. The number of amides is 2. The van der Waals surface area contributed by atoms with Gasteiger partial charge in [0.05, 0.1) is 7.11 Å². The van der Waals surface area contributed by atoms with Gasteiger partial charge in [-0.3, -0.25) is 4.79 Å². The fourth-order valence-electron chi connectivity index (χ4n) is 2.69. The predicted octanol–water partition coefficient (Wildman–Crippen LogP) is 0.930. The lowest BCUT2D eigenvalue weighted by molar-refractivity contribution is -0.148. The molecule has 1 atom stereocenters. The monoisotopic (exact) mass is 286 g/mol. The predicted molar refractivity (Wildman–Crippen MR) is 71.3 cm³/mol. The van der Waals surface area contributed by atoms with Crippen molar-refractivity contribution in [2.24, 2.45) is 0 Å². The van der Waals surface area contributed by atoms with Gasteiger partial charge in [-0.15, -0.1) is 0 Å². The van der Waals surface area contributed by atoms with Crippen molar-refractivity contribution in [1.82, 2.24) is 9.80 Å². The zero-order chi connectivity index (χ0) is 15.3. The first-order chi connectivity index (χ1) is 9.39. The van der Waals surface area contributed by atoms with E-state index in [1.165, 1.54) is 24.0 Å². The average Bonchev–Trinajstić information content (AvgIpc) is 2.83. The van der Waals surface area contributed by atoms with Crippen molar-refractivity contribution in [2.45, 2.75) is 38.1 Å². The number of carboxylic acids is 1. The van der Waals surface area contributed by atoms with E-state index >= 15 is 0 Å². The van der Waals surface area contributed by atoms with Crippen LogP contribution in [0.1, 0.15) is 32.6 Å². The van der Waals surface area contributed by atoms with Gasteiger partial charge in [0, 0.05) is 13.6 Å². The van der Waals surface area contributed by atoms with Crippen LogP contribution in [0.25, 0.3) is 0 Å². The Bertz CT molecular complexity index is 398. The minimum atomic E-state index is -1.14. The summed E-state index contributed by atoms with van der Waals surface area (Å²) in [6.07, 6.45) is 2.20. The summed E-state index contributed by atoms with van der Waals surface area (Å²) in [7, 11) is 2.71. The van der Waals surface area contributed by atoms with Gasteiger partial charge in [0.2, 0.25) is 0 Å². The van der Waals surface area contributed by atoms with Crippen LogP contribution < -0.4 is 0 Å². The molecule has 0 aromatic rings. The summed E-state index contributed by atoms with van der Waals surface area (Å²) in [6, 6.07) is -0.441. The molecule has 1 N–H and O–H groups in total. The number of esters is 1. The molecular formula is C13H22N2O5. The number of nitrogens with zero attached hydrogens (tertiary/aromatic N) is 2. The number of hydrogen-bond acceptors (Lipinski definition) is 4. The van der Waals surface area contributed by atoms with Crippen LogP contribution in [-0.2, 0) is 14.3 Å². The molecule has 0 aromatic heterocycles. The Morgan fingerprint density at radius 2 is 2.05 bits per heavy atom. The summed E-state index contributed by atoms with van der Waals surface area (Å²) < 4.78 is 4.51. The molecule has 1 aliphatic rings. The zero-order valence-electron chi connectivity index (χ0n) is 12.2. The number of urea groups is 1. The maximum Gasteiger partial charge on any atom is 0.329 e. The van der Waals surface area contributed by atoms with E-state index in [2.05, 4.69) is 4.74 Å². The Hall–Kier alpha value is -1.79. The molecule has 0 saturated carbocycles. The van der Waals surface area contributed by atoms with Gasteiger partial charge in [0.15, 0.2) is 0 Å². The van der Waals surface area contributed by atoms with Crippen LogP contribution in [-0.4, -0.2) is 65.7 Å². The number of carbonyl (C=O) groups excluding carboxylic acids is 2. The summed E-state index contributed by atoms with van der Waals surface area (Å²) in [5.41, 5.74) is -1.14. The topological polar surface area (TPSA) is 87.2 Å². The first-order valence-electron chi connectivity index (χ1n) is 6.72. The highest BCUT2D eigenvalue weighted by molar-refractivity contribution is 5.88. The molecule has 0 aliphatic carbocycles. The third-order valence-electron chi connectivity index (χ3n) is 3.70. The maximum atomic E-state index is 12.4. The number of carboxylic acid groups (broad SMARTS) is 1. The fraction of sp³-hybridized carbons (Fsp3) is 0.769. The Morgan fingerprint density at radius 1 is 1.40 bits per heavy atom. The van der Waals surface area contributed by atoms with E-state index in [1.54, 1.807) is 0 Å². The van der Waals surface area contributed by atoms with Crippen molar-refractivity contribution in [3.8, 4) is 0 Å². The number of aliphatic carboxylic acids is 1. The Kier molecular flexibility index (Phi) is 5.35. The molecule has 1 fully saturated rings. The van der Waals surface area contributed by atoms with Crippen LogP contribution in [0.5, 0.6) is 0 Å². The highest BCUT2D eigenvalue weighted by Gasteiger charge is 2.49. The van der Waals surface area contributed by atoms with Crippen LogP contribution in [0, 0.1) is 0 Å².